The molecule has 0 atom stereocenters. The standard InChI is InChI=1S/2C5H5.C4H8O.C4H10O.Ti/c3*1-2-4-5-3-1;1-4(2,3)5;/h2*1-5H;1-4H2;5H,1-3H3;/q2*-1;;;. The molecule has 2 aromatic carbocycles. The minimum absolute atomic E-state index is 0. The van der Waals surface area contributed by atoms with Gasteiger partial charge in [0.25, 0.3) is 0 Å². The normalized spacial score (nSPS) is 12.4. The average molecular weight is 324 g/mol. The van der Waals surface area contributed by atoms with Crippen LogP contribution in [0.1, 0.15) is 33.6 Å². The van der Waals surface area contributed by atoms with Crippen molar-refractivity contribution in [2.75, 3.05) is 13.2 Å². The molecule has 3 heteroatoms. The topological polar surface area (TPSA) is 29.5 Å². The molecule has 1 N–H and O–H groups in total. The Bertz CT molecular complexity index is 269. The fourth-order valence-electron chi connectivity index (χ4n) is 1.15. The zero-order valence-electron chi connectivity index (χ0n) is 13.5. The number of rotatable bonds is 0. The Balaban J connectivity index is 0. The van der Waals surface area contributed by atoms with Crippen molar-refractivity contribution in [2.45, 2.75) is 39.2 Å². The van der Waals surface area contributed by atoms with Gasteiger partial charge in [-0.1, -0.05) is 0 Å². The summed E-state index contributed by atoms with van der Waals surface area (Å²) in [5.41, 5.74) is -0.500. The van der Waals surface area contributed by atoms with Crippen LogP contribution >= 0.6 is 0 Å². The molecular weight excluding hydrogens is 296 g/mol. The van der Waals surface area contributed by atoms with Crippen LogP contribution in [0.15, 0.2) is 60.7 Å². The van der Waals surface area contributed by atoms with Crippen LogP contribution in [0.5, 0.6) is 0 Å². The molecule has 0 unspecified atom stereocenters. The smallest absolute Gasteiger partial charge is 0.0563 e. The maximum Gasteiger partial charge on any atom is 0.0563 e. The molecule has 0 radical (unpaired) electrons. The van der Waals surface area contributed by atoms with Gasteiger partial charge < -0.3 is 9.84 Å². The molecule has 0 aromatic heterocycles. The quantitative estimate of drug-likeness (QED) is 0.575. The van der Waals surface area contributed by atoms with Crippen molar-refractivity contribution in [1.29, 1.82) is 0 Å². The Hall–Kier alpha value is -0.666. The predicted molar refractivity (Wildman–Crippen MR) is 86.1 cm³/mol. The van der Waals surface area contributed by atoms with E-state index in [0.29, 0.717) is 0 Å². The number of aliphatic hydroxyl groups is 1. The van der Waals surface area contributed by atoms with Crippen molar-refractivity contribution < 1.29 is 31.6 Å². The minimum atomic E-state index is -0.500. The summed E-state index contributed by atoms with van der Waals surface area (Å²) in [5.74, 6) is 0. The fraction of sp³-hybridized carbons (Fsp3) is 0.444. The monoisotopic (exact) mass is 324 g/mol. The Morgan fingerprint density at radius 2 is 1.10 bits per heavy atom. The van der Waals surface area contributed by atoms with Gasteiger partial charge in [-0.15, -0.1) is 0 Å². The van der Waals surface area contributed by atoms with E-state index in [1.807, 2.05) is 60.7 Å². The molecule has 0 aliphatic carbocycles. The molecule has 118 valence electrons. The predicted octanol–water partition coefficient (Wildman–Crippen LogP) is 4.38. The first-order valence-corrected chi connectivity index (χ1v) is 7.13. The first-order valence-electron chi connectivity index (χ1n) is 7.13. The van der Waals surface area contributed by atoms with Gasteiger partial charge in [0, 0.05) is 34.9 Å². The van der Waals surface area contributed by atoms with Crippen LogP contribution in [0.2, 0.25) is 0 Å². The van der Waals surface area contributed by atoms with Crippen LogP contribution in [-0.4, -0.2) is 23.9 Å². The summed E-state index contributed by atoms with van der Waals surface area (Å²) in [4.78, 5) is 0. The van der Waals surface area contributed by atoms with Crippen LogP contribution in [0.3, 0.4) is 0 Å². The van der Waals surface area contributed by atoms with E-state index in [4.69, 9.17) is 9.84 Å². The van der Waals surface area contributed by atoms with Gasteiger partial charge in [0.1, 0.15) is 0 Å². The Labute approximate surface area is 144 Å². The van der Waals surface area contributed by atoms with Gasteiger partial charge in [-0.2, -0.15) is 36.4 Å². The van der Waals surface area contributed by atoms with E-state index < -0.39 is 5.60 Å². The third-order valence-corrected chi connectivity index (χ3v) is 1.94. The maximum absolute atomic E-state index is 8.52. The third-order valence-electron chi connectivity index (χ3n) is 1.94. The van der Waals surface area contributed by atoms with E-state index >= 15 is 0 Å². The molecule has 0 saturated carbocycles. The second kappa shape index (κ2) is 15.7. The Morgan fingerprint density at radius 3 is 1.19 bits per heavy atom. The zero-order chi connectivity index (χ0) is 15.1. The molecule has 1 aliphatic heterocycles. The molecular formula is C18H28O2Ti-2. The zero-order valence-corrected chi connectivity index (χ0v) is 15.0. The van der Waals surface area contributed by atoms with Crippen LogP contribution < -0.4 is 0 Å². The van der Waals surface area contributed by atoms with E-state index in [1.165, 1.54) is 12.8 Å². The Morgan fingerprint density at radius 1 is 0.810 bits per heavy atom. The van der Waals surface area contributed by atoms with Gasteiger partial charge in [-0.25, -0.2) is 24.3 Å². The number of hydrogen-bond acceptors (Lipinski definition) is 2. The molecule has 0 amide bonds. The van der Waals surface area contributed by atoms with Gasteiger partial charge in [-0.05, 0) is 33.6 Å². The van der Waals surface area contributed by atoms with Crippen molar-refractivity contribution in [3.8, 4) is 0 Å². The fourth-order valence-corrected chi connectivity index (χ4v) is 1.15. The third kappa shape index (κ3) is 28.3. The molecule has 21 heavy (non-hydrogen) atoms. The summed E-state index contributed by atoms with van der Waals surface area (Å²) in [6, 6.07) is 20.0. The van der Waals surface area contributed by atoms with Crippen molar-refractivity contribution >= 4 is 0 Å². The largest absolute Gasteiger partial charge is 0.391 e. The summed E-state index contributed by atoms with van der Waals surface area (Å²) in [6.45, 7) is 7.23. The number of hydrogen-bond donors (Lipinski definition) is 1. The van der Waals surface area contributed by atoms with Gasteiger partial charge >= 0.3 is 0 Å². The molecule has 2 aromatic rings. The van der Waals surface area contributed by atoms with E-state index in [2.05, 4.69) is 0 Å². The van der Waals surface area contributed by atoms with Gasteiger partial charge in [0.15, 0.2) is 0 Å². The minimum Gasteiger partial charge on any atom is -0.391 e. The molecule has 2 nitrogen and oxygen atoms in total. The van der Waals surface area contributed by atoms with Crippen molar-refractivity contribution in [3.05, 3.63) is 60.7 Å². The summed E-state index contributed by atoms with van der Waals surface area (Å²) < 4.78 is 4.94. The second-order valence-electron chi connectivity index (χ2n) is 5.41. The molecule has 1 heterocycles. The maximum atomic E-state index is 8.52. The van der Waals surface area contributed by atoms with Gasteiger partial charge in [0.05, 0.1) is 5.60 Å². The summed E-state index contributed by atoms with van der Waals surface area (Å²) in [7, 11) is 0. The molecule has 1 saturated heterocycles. The van der Waals surface area contributed by atoms with Crippen LogP contribution in [0.4, 0.5) is 0 Å². The van der Waals surface area contributed by atoms with E-state index in [9.17, 15) is 0 Å². The van der Waals surface area contributed by atoms with Gasteiger partial charge in [0.2, 0.25) is 0 Å². The second-order valence-corrected chi connectivity index (χ2v) is 5.41. The van der Waals surface area contributed by atoms with Gasteiger partial charge in [-0.3, -0.25) is 0 Å². The van der Waals surface area contributed by atoms with E-state index in [1.54, 1.807) is 20.8 Å². The molecule has 0 bridgehead atoms. The molecule has 3 rings (SSSR count). The number of ether oxygens (including phenoxy) is 1. The molecule has 1 fully saturated rings. The Kier molecular flexibility index (Phi) is 16.9. The average Bonchev–Trinajstić information content (AvgIpc) is 3.17. The first-order chi connectivity index (χ1) is 9.50. The summed E-state index contributed by atoms with van der Waals surface area (Å²) >= 11 is 0. The first kappa shape index (κ1) is 22.6. The SMILES string of the molecule is C1CCOC1.CC(C)(C)O.[Ti].c1cc[cH-]c1.c1cc[cH-]c1. The van der Waals surface area contributed by atoms with Crippen molar-refractivity contribution in [3.63, 3.8) is 0 Å². The van der Waals surface area contributed by atoms with Crippen molar-refractivity contribution in [2.24, 2.45) is 0 Å². The van der Waals surface area contributed by atoms with Crippen LogP contribution in [0, 0.1) is 0 Å². The van der Waals surface area contributed by atoms with Crippen molar-refractivity contribution in [1.82, 2.24) is 0 Å². The molecule has 1 aliphatic rings. The van der Waals surface area contributed by atoms with Crippen LogP contribution in [-0.2, 0) is 26.5 Å². The van der Waals surface area contributed by atoms with E-state index in [0.717, 1.165) is 13.2 Å². The van der Waals surface area contributed by atoms with Crippen LogP contribution in [0.25, 0.3) is 0 Å². The summed E-state index contributed by atoms with van der Waals surface area (Å²) in [6.07, 6.45) is 2.56. The van der Waals surface area contributed by atoms with E-state index in [-0.39, 0.29) is 21.7 Å². The summed E-state index contributed by atoms with van der Waals surface area (Å²) in [5, 5.41) is 8.52. The molecule has 0 spiro atoms.